The highest BCUT2D eigenvalue weighted by Crippen LogP contribution is 2.27. The van der Waals surface area contributed by atoms with E-state index >= 15 is 0 Å². The maximum absolute atomic E-state index is 13.3. The molecule has 0 spiro atoms. The molecular weight excluding hydrogens is 331 g/mol. The summed E-state index contributed by atoms with van der Waals surface area (Å²) in [5.74, 6) is 1.36. The van der Waals surface area contributed by atoms with E-state index in [4.69, 9.17) is 0 Å². The summed E-state index contributed by atoms with van der Waals surface area (Å²) in [4.78, 5) is 2.20. The molecule has 0 saturated carbocycles. The Morgan fingerprint density at radius 1 is 1.27 bits per heavy atom. The Bertz CT molecular complexity index is 776. The van der Waals surface area contributed by atoms with Crippen LogP contribution in [-0.2, 0) is 7.05 Å². The molecule has 2 heterocycles. The fourth-order valence-electron chi connectivity index (χ4n) is 3.31. The van der Waals surface area contributed by atoms with Gasteiger partial charge < -0.3 is 10.0 Å². The Morgan fingerprint density at radius 3 is 2.65 bits per heavy atom. The lowest BCUT2D eigenvalue weighted by Gasteiger charge is -2.29. The number of halogens is 1. The highest BCUT2D eigenvalue weighted by Gasteiger charge is 2.25. The van der Waals surface area contributed by atoms with Crippen molar-refractivity contribution in [3.05, 3.63) is 47.0 Å². The van der Waals surface area contributed by atoms with Crippen LogP contribution in [0, 0.1) is 11.7 Å². The molecule has 140 valence electrons. The first-order chi connectivity index (χ1) is 12.5. The second kappa shape index (κ2) is 7.99. The van der Waals surface area contributed by atoms with E-state index in [1.165, 1.54) is 11.6 Å². The van der Waals surface area contributed by atoms with Crippen molar-refractivity contribution in [2.45, 2.75) is 39.2 Å². The van der Waals surface area contributed by atoms with Gasteiger partial charge in [-0.2, -0.15) is 0 Å². The number of nitrogens with zero attached hydrogens (tertiary/aromatic N) is 4. The summed E-state index contributed by atoms with van der Waals surface area (Å²) >= 11 is 0. The van der Waals surface area contributed by atoms with E-state index in [0.29, 0.717) is 5.82 Å². The van der Waals surface area contributed by atoms with Crippen LogP contribution in [0.15, 0.2) is 29.8 Å². The molecule has 1 aromatic carbocycles. The van der Waals surface area contributed by atoms with Crippen LogP contribution in [0.5, 0.6) is 0 Å². The van der Waals surface area contributed by atoms with Gasteiger partial charge in [0.2, 0.25) is 5.95 Å². The lowest BCUT2D eigenvalue weighted by molar-refractivity contribution is 0.103. The molecular formula is C20H27FN4O. The van der Waals surface area contributed by atoms with Crippen molar-refractivity contribution >= 4 is 12.0 Å². The van der Waals surface area contributed by atoms with Gasteiger partial charge in [0.15, 0.2) is 5.82 Å². The van der Waals surface area contributed by atoms with Crippen molar-refractivity contribution < 1.29 is 9.50 Å². The smallest absolute Gasteiger partial charge is 0.227 e. The molecule has 2 atom stereocenters. The third-order valence-corrected chi connectivity index (χ3v) is 5.24. The highest BCUT2D eigenvalue weighted by molar-refractivity contribution is 5.54. The molecule has 1 N–H and O–H groups in total. The first-order valence-electron chi connectivity index (χ1n) is 9.27. The third kappa shape index (κ3) is 3.96. The molecule has 2 unspecified atom stereocenters. The number of hydrogen-bond acceptors (Lipinski definition) is 4. The maximum Gasteiger partial charge on any atom is 0.227 e. The minimum absolute atomic E-state index is 0.146. The molecule has 1 saturated heterocycles. The van der Waals surface area contributed by atoms with Gasteiger partial charge in [-0.3, -0.25) is 4.57 Å². The molecule has 5 nitrogen and oxygen atoms in total. The molecule has 1 aliphatic heterocycles. The Kier molecular flexibility index (Phi) is 5.71. The van der Waals surface area contributed by atoms with Crippen molar-refractivity contribution in [3.8, 4) is 0 Å². The number of benzene rings is 1. The predicted octanol–water partition coefficient (Wildman–Crippen LogP) is 3.72. The van der Waals surface area contributed by atoms with E-state index in [-0.39, 0.29) is 11.7 Å². The van der Waals surface area contributed by atoms with Crippen molar-refractivity contribution in [1.82, 2.24) is 14.8 Å². The average molecular weight is 358 g/mol. The van der Waals surface area contributed by atoms with Gasteiger partial charge in [-0.25, -0.2) is 4.39 Å². The second-order valence-electron chi connectivity index (χ2n) is 7.09. The van der Waals surface area contributed by atoms with Gasteiger partial charge in [0.1, 0.15) is 11.9 Å². The third-order valence-electron chi connectivity index (χ3n) is 5.24. The van der Waals surface area contributed by atoms with Gasteiger partial charge in [0, 0.05) is 20.1 Å². The fourth-order valence-corrected chi connectivity index (χ4v) is 3.31. The van der Waals surface area contributed by atoms with E-state index in [9.17, 15) is 9.50 Å². The monoisotopic (exact) mass is 358 g/mol. The van der Waals surface area contributed by atoms with Crippen molar-refractivity contribution in [1.29, 1.82) is 0 Å². The first kappa shape index (κ1) is 18.6. The van der Waals surface area contributed by atoms with E-state index in [1.54, 1.807) is 12.1 Å². The average Bonchev–Trinajstić information content (AvgIpc) is 3.02. The van der Waals surface area contributed by atoms with Crippen molar-refractivity contribution in [2.75, 3.05) is 18.0 Å². The zero-order valence-electron chi connectivity index (χ0n) is 15.7. The van der Waals surface area contributed by atoms with Gasteiger partial charge in [-0.05, 0) is 36.5 Å². The lowest BCUT2D eigenvalue weighted by atomic mass is 10.0. The van der Waals surface area contributed by atoms with Gasteiger partial charge in [-0.1, -0.05) is 44.1 Å². The molecule has 1 fully saturated rings. The predicted molar refractivity (Wildman–Crippen MR) is 101 cm³/mol. The largest absolute Gasteiger partial charge is 0.385 e. The standard InChI is InChI=1S/C20H27FN4O/c1-4-14(2)18(26)19-22-23-20(24(19)3)25-10-8-15(9-11-25)12-16-6-5-7-17(21)13-16/h5-7,12-14,18,26H,4,8-11H2,1-3H3. The van der Waals surface area contributed by atoms with Gasteiger partial charge in [-0.15, -0.1) is 10.2 Å². The lowest BCUT2D eigenvalue weighted by Crippen LogP contribution is -2.32. The zero-order chi connectivity index (χ0) is 18.7. The van der Waals surface area contributed by atoms with Crippen LogP contribution in [0.25, 0.3) is 6.08 Å². The summed E-state index contributed by atoms with van der Waals surface area (Å²) < 4.78 is 15.2. The normalized spacial score (nSPS) is 17.3. The van der Waals surface area contributed by atoms with Crippen LogP contribution in [-0.4, -0.2) is 33.0 Å². The minimum atomic E-state index is -0.598. The van der Waals surface area contributed by atoms with Crippen molar-refractivity contribution in [2.24, 2.45) is 13.0 Å². The molecule has 0 aliphatic carbocycles. The van der Waals surface area contributed by atoms with Crippen LogP contribution in [0.4, 0.5) is 10.3 Å². The Hall–Kier alpha value is -2.21. The summed E-state index contributed by atoms with van der Waals surface area (Å²) in [6.45, 7) is 5.75. The zero-order valence-corrected chi connectivity index (χ0v) is 15.7. The van der Waals surface area contributed by atoms with Crippen LogP contribution in [0.3, 0.4) is 0 Å². The molecule has 0 amide bonds. The number of anilines is 1. The van der Waals surface area contributed by atoms with Crippen LogP contribution in [0.1, 0.15) is 50.6 Å². The number of aliphatic hydroxyl groups is 1. The van der Waals surface area contributed by atoms with Crippen LogP contribution in [0.2, 0.25) is 0 Å². The topological polar surface area (TPSA) is 54.2 Å². The Labute approximate surface area is 154 Å². The first-order valence-corrected chi connectivity index (χ1v) is 9.27. The SMILES string of the molecule is CCC(C)C(O)c1nnc(N2CCC(=Cc3cccc(F)c3)CC2)n1C. The molecule has 26 heavy (non-hydrogen) atoms. The summed E-state index contributed by atoms with van der Waals surface area (Å²) in [5, 5.41) is 19.0. The Balaban J connectivity index is 1.68. The number of rotatable bonds is 5. The Morgan fingerprint density at radius 2 is 2.00 bits per heavy atom. The van der Waals surface area contributed by atoms with E-state index in [2.05, 4.69) is 28.1 Å². The molecule has 0 bridgehead atoms. The van der Waals surface area contributed by atoms with Crippen LogP contribution >= 0.6 is 0 Å². The quantitative estimate of drug-likeness (QED) is 0.885. The summed E-state index contributed by atoms with van der Waals surface area (Å²) in [6.07, 6.45) is 4.19. The van der Waals surface area contributed by atoms with Crippen molar-refractivity contribution in [3.63, 3.8) is 0 Å². The van der Waals surface area contributed by atoms with Gasteiger partial charge in [0.05, 0.1) is 0 Å². The maximum atomic E-state index is 13.3. The molecule has 1 aliphatic rings. The van der Waals surface area contributed by atoms with Crippen LogP contribution < -0.4 is 4.90 Å². The minimum Gasteiger partial charge on any atom is -0.385 e. The number of piperidine rings is 1. The summed E-state index contributed by atoms with van der Waals surface area (Å²) in [7, 11) is 1.91. The number of hydrogen-bond donors (Lipinski definition) is 1. The molecule has 6 heteroatoms. The van der Waals surface area contributed by atoms with E-state index in [1.807, 2.05) is 24.6 Å². The summed E-state index contributed by atoms with van der Waals surface area (Å²) in [5.41, 5.74) is 2.22. The molecule has 0 radical (unpaired) electrons. The molecule has 2 aromatic rings. The molecule has 3 rings (SSSR count). The highest BCUT2D eigenvalue weighted by atomic mass is 19.1. The second-order valence-corrected chi connectivity index (χ2v) is 7.09. The number of aromatic nitrogens is 3. The number of aliphatic hydroxyl groups excluding tert-OH is 1. The van der Waals surface area contributed by atoms with Gasteiger partial charge >= 0.3 is 0 Å². The van der Waals surface area contributed by atoms with E-state index < -0.39 is 6.10 Å². The van der Waals surface area contributed by atoms with Gasteiger partial charge in [0.25, 0.3) is 0 Å². The van der Waals surface area contributed by atoms with E-state index in [0.717, 1.165) is 43.9 Å². The molecule has 1 aromatic heterocycles. The fraction of sp³-hybridized carbons (Fsp3) is 0.500. The summed E-state index contributed by atoms with van der Waals surface area (Å²) in [6, 6.07) is 6.68.